The van der Waals surface area contributed by atoms with Gasteiger partial charge in [0, 0.05) is 38.2 Å². The fourth-order valence-electron chi connectivity index (χ4n) is 2.94. The highest BCUT2D eigenvalue weighted by Gasteiger charge is 2.52. The van der Waals surface area contributed by atoms with E-state index in [2.05, 4.69) is 5.32 Å². The lowest BCUT2D eigenvalue weighted by atomic mass is 9.92. The number of rotatable bonds is 4. The molecule has 3 rings (SSSR count). The number of amides is 1. The van der Waals surface area contributed by atoms with Gasteiger partial charge in [0.1, 0.15) is 5.82 Å². The maximum Gasteiger partial charge on any atom is 0.230 e. The number of carbonyl (C=O) groups is 1. The molecule has 0 radical (unpaired) electrons. The predicted molar refractivity (Wildman–Crippen MR) is 75.3 cm³/mol. The lowest BCUT2D eigenvalue weighted by Crippen LogP contribution is -2.49. The van der Waals surface area contributed by atoms with Crippen LogP contribution in [0.25, 0.3) is 0 Å². The standard InChI is InChI=1S/C16H20FNO3/c17-13-4-2-1-3-12(13)16(5-6-16)14(19)18-11-15(20)7-9-21-10-8-15/h1-4,20H,5-11H2,(H,18,19). The maximum absolute atomic E-state index is 13.9. The summed E-state index contributed by atoms with van der Waals surface area (Å²) in [7, 11) is 0. The Kier molecular flexibility index (Phi) is 3.71. The Morgan fingerprint density at radius 3 is 2.52 bits per heavy atom. The molecule has 0 aromatic heterocycles. The van der Waals surface area contributed by atoms with Crippen LogP contribution in [0.5, 0.6) is 0 Å². The minimum atomic E-state index is -0.904. The molecule has 21 heavy (non-hydrogen) atoms. The fraction of sp³-hybridized carbons (Fsp3) is 0.562. The second kappa shape index (κ2) is 5.39. The molecule has 5 heteroatoms. The van der Waals surface area contributed by atoms with Gasteiger partial charge in [0.05, 0.1) is 11.0 Å². The summed E-state index contributed by atoms with van der Waals surface area (Å²) < 4.78 is 19.1. The molecule has 1 saturated carbocycles. The van der Waals surface area contributed by atoms with Crippen molar-refractivity contribution in [3.8, 4) is 0 Å². The van der Waals surface area contributed by atoms with E-state index in [-0.39, 0.29) is 18.3 Å². The molecule has 1 amide bonds. The van der Waals surface area contributed by atoms with Crippen molar-refractivity contribution in [1.82, 2.24) is 5.32 Å². The van der Waals surface area contributed by atoms with Gasteiger partial charge in [0.15, 0.2) is 0 Å². The van der Waals surface area contributed by atoms with Crippen LogP contribution < -0.4 is 5.32 Å². The Morgan fingerprint density at radius 1 is 1.24 bits per heavy atom. The monoisotopic (exact) mass is 293 g/mol. The Balaban J connectivity index is 1.67. The van der Waals surface area contributed by atoms with Gasteiger partial charge in [-0.1, -0.05) is 18.2 Å². The number of ether oxygens (including phenoxy) is 1. The quantitative estimate of drug-likeness (QED) is 0.885. The molecule has 0 unspecified atom stereocenters. The van der Waals surface area contributed by atoms with E-state index < -0.39 is 11.0 Å². The number of hydrogen-bond acceptors (Lipinski definition) is 3. The first-order valence-corrected chi connectivity index (χ1v) is 7.39. The zero-order valence-electron chi connectivity index (χ0n) is 11.9. The van der Waals surface area contributed by atoms with Gasteiger partial charge in [0.2, 0.25) is 5.91 Å². The average molecular weight is 293 g/mol. The molecular weight excluding hydrogens is 273 g/mol. The van der Waals surface area contributed by atoms with Crippen LogP contribution in [0.2, 0.25) is 0 Å². The number of benzene rings is 1. The van der Waals surface area contributed by atoms with Crippen molar-refractivity contribution in [3.63, 3.8) is 0 Å². The minimum Gasteiger partial charge on any atom is -0.388 e. The summed E-state index contributed by atoms with van der Waals surface area (Å²) in [6.45, 7) is 1.21. The van der Waals surface area contributed by atoms with E-state index >= 15 is 0 Å². The number of nitrogens with one attached hydrogen (secondary N) is 1. The molecule has 2 N–H and O–H groups in total. The van der Waals surface area contributed by atoms with Crippen LogP contribution in [0.3, 0.4) is 0 Å². The first-order chi connectivity index (χ1) is 10.1. The Hall–Kier alpha value is -1.46. The minimum absolute atomic E-state index is 0.187. The highest BCUT2D eigenvalue weighted by atomic mass is 19.1. The highest BCUT2D eigenvalue weighted by Crippen LogP contribution is 2.49. The summed E-state index contributed by atoms with van der Waals surface area (Å²) in [5, 5.41) is 13.2. The Morgan fingerprint density at radius 2 is 1.90 bits per heavy atom. The van der Waals surface area contributed by atoms with Gasteiger partial charge in [-0.15, -0.1) is 0 Å². The summed E-state index contributed by atoms with van der Waals surface area (Å²) in [6, 6.07) is 6.43. The molecule has 1 aliphatic heterocycles. The third-order valence-electron chi connectivity index (χ3n) is 4.58. The molecule has 4 nitrogen and oxygen atoms in total. The smallest absolute Gasteiger partial charge is 0.230 e. The molecular formula is C16H20FNO3. The van der Waals surface area contributed by atoms with Gasteiger partial charge in [0.25, 0.3) is 0 Å². The van der Waals surface area contributed by atoms with Crippen LogP contribution in [-0.2, 0) is 14.9 Å². The van der Waals surface area contributed by atoms with E-state index in [0.717, 1.165) is 0 Å². The fourth-order valence-corrected chi connectivity index (χ4v) is 2.94. The molecule has 1 aromatic rings. The molecule has 0 spiro atoms. The normalized spacial score (nSPS) is 22.6. The van der Waals surface area contributed by atoms with Gasteiger partial charge in [-0.3, -0.25) is 4.79 Å². The van der Waals surface area contributed by atoms with Crippen LogP contribution in [-0.4, -0.2) is 36.4 Å². The third-order valence-corrected chi connectivity index (χ3v) is 4.58. The van der Waals surface area contributed by atoms with Gasteiger partial charge < -0.3 is 15.2 Å². The van der Waals surface area contributed by atoms with Gasteiger partial charge >= 0.3 is 0 Å². The van der Waals surface area contributed by atoms with Gasteiger partial charge in [-0.25, -0.2) is 4.39 Å². The number of aliphatic hydroxyl groups is 1. The molecule has 2 fully saturated rings. The number of halogens is 1. The molecule has 1 aliphatic carbocycles. The van der Waals surface area contributed by atoms with Crippen molar-refractivity contribution < 1.29 is 19.0 Å². The summed E-state index contributed by atoms with van der Waals surface area (Å²) in [6.07, 6.45) is 2.34. The third kappa shape index (κ3) is 2.80. The molecule has 2 aliphatic rings. The second-order valence-electron chi connectivity index (χ2n) is 6.08. The maximum atomic E-state index is 13.9. The zero-order valence-corrected chi connectivity index (χ0v) is 11.9. The van der Waals surface area contributed by atoms with Gasteiger partial charge in [-0.05, 0) is 18.9 Å². The van der Waals surface area contributed by atoms with E-state index in [1.54, 1.807) is 18.2 Å². The SMILES string of the molecule is O=C(NCC1(O)CCOCC1)C1(c2ccccc2F)CC1. The molecule has 1 heterocycles. The van der Waals surface area contributed by atoms with Crippen molar-refractivity contribution in [2.45, 2.75) is 36.7 Å². The lowest BCUT2D eigenvalue weighted by molar-refractivity contribution is -0.126. The zero-order chi connectivity index (χ0) is 14.9. The first-order valence-electron chi connectivity index (χ1n) is 7.39. The van der Waals surface area contributed by atoms with E-state index in [1.807, 2.05) is 0 Å². The van der Waals surface area contributed by atoms with Crippen molar-refractivity contribution in [3.05, 3.63) is 35.6 Å². The largest absolute Gasteiger partial charge is 0.388 e. The van der Waals surface area contributed by atoms with Crippen molar-refractivity contribution in [2.24, 2.45) is 0 Å². The Labute approximate surface area is 123 Å². The molecule has 1 aromatic carbocycles. The van der Waals surface area contributed by atoms with Crippen molar-refractivity contribution >= 4 is 5.91 Å². The predicted octanol–water partition coefficient (Wildman–Crippen LogP) is 1.51. The molecule has 0 atom stereocenters. The molecule has 114 valence electrons. The second-order valence-corrected chi connectivity index (χ2v) is 6.08. The Bertz CT molecular complexity index is 536. The van der Waals surface area contributed by atoms with Crippen LogP contribution in [0.1, 0.15) is 31.2 Å². The number of carbonyl (C=O) groups excluding carboxylic acids is 1. The van der Waals surface area contributed by atoms with E-state index in [4.69, 9.17) is 4.74 Å². The van der Waals surface area contributed by atoms with E-state index in [1.165, 1.54) is 6.07 Å². The summed E-state index contributed by atoms with van der Waals surface area (Å²) in [4.78, 5) is 12.4. The summed E-state index contributed by atoms with van der Waals surface area (Å²) in [5.74, 6) is -0.526. The first kappa shape index (κ1) is 14.5. The van der Waals surface area contributed by atoms with Crippen LogP contribution in [0, 0.1) is 5.82 Å². The van der Waals surface area contributed by atoms with Crippen molar-refractivity contribution in [2.75, 3.05) is 19.8 Å². The molecule has 0 bridgehead atoms. The topological polar surface area (TPSA) is 58.6 Å². The summed E-state index contributed by atoms with van der Waals surface area (Å²) in [5.41, 5.74) is -1.19. The van der Waals surface area contributed by atoms with Crippen molar-refractivity contribution in [1.29, 1.82) is 0 Å². The van der Waals surface area contributed by atoms with Crippen LogP contribution >= 0.6 is 0 Å². The average Bonchev–Trinajstić information content (AvgIpc) is 3.28. The number of hydrogen-bond donors (Lipinski definition) is 2. The van der Waals surface area contributed by atoms with Gasteiger partial charge in [-0.2, -0.15) is 0 Å². The van der Waals surface area contributed by atoms with E-state index in [0.29, 0.717) is 44.5 Å². The lowest BCUT2D eigenvalue weighted by Gasteiger charge is -2.32. The summed E-state index contributed by atoms with van der Waals surface area (Å²) >= 11 is 0. The highest BCUT2D eigenvalue weighted by molar-refractivity contribution is 5.91. The molecule has 1 saturated heterocycles. The van der Waals surface area contributed by atoms with E-state index in [9.17, 15) is 14.3 Å². The van der Waals surface area contributed by atoms with Crippen LogP contribution in [0.15, 0.2) is 24.3 Å². The van der Waals surface area contributed by atoms with Crippen LogP contribution in [0.4, 0.5) is 4.39 Å².